The molecule has 62 heavy (non-hydrogen) atoms. The summed E-state index contributed by atoms with van der Waals surface area (Å²) in [6.07, 6.45) is -2.28. The smallest absolute Gasteiger partial charge is 0.410 e. The van der Waals surface area contributed by atoms with Crippen molar-refractivity contribution in [2.75, 3.05) is 57.5 Å². The van der Waals surface area contributed by atoms with E-state index in [2.05, 4.69) is 22.1 Å². The van der Waals surface area contributed by atoms with Crippen LogP contribution in [0.25, 0.3) is 44.3 Å². The van der Waals surface area contributed by atoms with Gasteiger partial charge in [0.15, 0.2) is 0 Å². The van der Waals surface area contributed by atoms with Crippen molar-refractivity contribution in [2.24, 2.45) is 5.41 Å². The molecule has 0 fully saturated rings. The molecule has 2 heterocycles. The van der Waals surface area contributed by atoms with Gasteiger partial charge in [0.25, 0.3) is 0 Å². The standard InChI is InChI=1S/2C24H31N3O4/c1-24(2,3)31-23(29)27(9-11-28)10-12-30-16-17-13-19-15-21(18-7-5-4-6-8-18)26-22(19)20(25)14-17;1-24(2,3)21(28)14-27(23(29)30)9-10-31-15-16-11-18-13-20(17-7-5-4-6-8-17)26-22(18)19(25)12-16/h4-8,13-15,26,28H,9-12,16,25H2,1-3H3;4-8,11-13,21,26,28H,9-10,14-15,25H2,1-3H3,(H,29,30). The third-order valence-corrected chi connectivity index (χ3v) is 10.0. The number of nitrogen functional groups attached to an aromatic ring is 2. The molecule has 14 heteroatoms. The lowest BCUT2D eigenvalue weighted by molar-refractivity contribution is 0.0131. The maximum Gasteiger partial charge on any atom is 0.410 e. The predicted octanol–water partition coefficient (Wildman–Crippen LogP) is 8.48. The van der Waals surface area contributed by atoms with E-state index in [1.165, 1.54) is 9.80 Å². The van der Waals surface area contributed by atoms with Crippen molar-refractivity contribution in [1.82, 2.24) is 19.8 Å². The van der Waals surface area contributed by atoms with Crippen molar-refractivity contribution in [1.29, 1.82) is 0 Å². The number of hydrogen-bond acceptors (Lipinski definition) is 9. The summed E-state index contributed by atoms with van der Waals surface area (Å²) in [7, 11) is 0. The van der Waals surface area contributed by atoms with E-state index in [0.717, 1.165) is 55.4 Å². The number of nitrogens with zero attached hydrogens (tertiary/aromatic N) is 2. The molecule has 0 aliphatic carbocycles. The molecule has 0 aliphatic heterocycles. The minimum atomic E-state index is -1.07. The average molecular weight is 851 g/mol. The lowest BCUT2D eigenvalue weighted by atomic mass is 9.89. The molecule has 2 amide bonds. The second-order valence-corrected chi connectivity index (χ2v) is 17.3. The Morgan fingerprint density at radius 1 is 0.677 bits per heavy atom. The lowest BCUT2D eigenvalue weighted by Gasteiger charge is -2.30. The summed E-state index contributed by atoms with van der Waals surface area (Å²) in [4.78, 5) is 33.1. The zero-order valence-corrected chi connectivity index (χ0v) is 36.6. The topological polar surface area (TPSA) is 213 Å². The molecule has 332 valence electrons. The van der Waals surface area contributed by atoms with E-state index in [9.17, 15) is 24.9 Å². The number of aromatic amines is 2. The first-order chi connectivity index (χ1) is 29.4. The zero-order valence-electron chi connectivity index (χ0n) is 36.6. The normalized spacial score (nSPS) is 12.2. The maximum absolute atomic E-state index is 12.2. The SMILES string of the molecule is CC(C)(C)C(O)CN(CCOCc1cc(N)c2[nH]c(-c3ccccc3)cc2c1)C(=O)O.CC(C)(C)OC(=O)N(CCO)CCOCc1cc(N)c2[nH]c(-c3ccccc3)cc2c1. The first kappa shape index (κ1) is 47.0. The fourth-order valence-corrected chi connectivity index (χ4v) is 6.60. The number of carbonyl (C=O) groups is 2. The predicted molar refractivity (Wildman–Crippen MR) is 246 cm³/mol. The van der Waals surface area contributed by atoms with Crippen LogP contribution in [0.1, 0.15) is 52.7 Å². The van der Waals surface area contributed by atoms with Gasteiger partial charge < -0.3 is 60.8 Å². The summed E-state index contributed by atoms with van der Waals surface area (Å²) in [5.74, 6) is 0. The van der Waals surface area contributed by atoms with Crippen molar-refractivity contribution in [3.63, 3.8) is 0 Å². The van der Waals surface area contributed by atoms with E-state index in [4.69, 9.17) is 25.7 Å². The largest absolute Gasteiger partial charge is 0.465 e. The Morgan fingerprint density at radius 3 is 1.53 bits per heavy atom. The van der Waals surface area contributed by atoms with Gasteiger partial charge in [-0.05, 0) is 84.8 Å². The summed E-state index contributed by atoms with van der Waals surface area (Å²) in [6, 6.07) is 32.1. The van der Waals surface area contributed by atoms with Gasteiger partial charge >= 0.3 is 12.2 Å². The molecule has 0 saturated carbocycles. The van der Waals surface area contributed by atoms with Gasteiger partial charge in [0.2, 0.25) is 0 Å². The minimum absolute atomic E-state index is 0.0483. The number of nitrogens with one attached hydrogen (secondary N) is 2. The molecule has 0 aliphatic rings. The van der Waals surface area contributed by atoms with E-state index in [1.54, 1.807) is 0 Å². The quantitative estimate of drug-likeness (QED) is 0.0364. The number of aliphatic hydroxyl groups is 2. The van der Waals surface area contributed by atoms with E-state index in [-0.39, 0.29) is 32.8 Å². The average Bonchev–Trinajstić information content (AvgIpc) is 3.86. The summed E-state index contributed by atoms with van der Waals surface area (Å²) in [5, 5.41) is 30.8. The van der Waals surface area contributed by atoms with Crippen LogP contribution in [0.2, 0.25) is 0 Å². The Balaban J connectivity index is 0.000000234. The number of carboxylic acid groups (broad SMARTS) is 1. The Labute approximate surface area is 363 Å². The van der Waals surface area contributed by atoms with Crippen molar-refractivity contribution in [3.05, 3.63) is 108 Å². The molecule has 2 aromatic heterocycles. The van der Waals surface area contributed by atoms with Crippen molar-refractivity contribution in [2.45, 2.75) is 66.5 Å². The van der Waals surface area contributed by atoms with Gasteiger partial charge in [-0.15, -0.1) is 0 Å². The number of H-pyrrole nitrogens is 2. The number of nitrogens with two attached hydrogens (primary N) is 2. The van der Waals surface area contributed by atoms with Gasteiger partial charge in [0, 0.05) is 41.8 Å². The van der Waals surface area contributed by atoms with Crippen LogP contribution in [0.3, 0.4) is 0 Å². The number of aromatic nitrogens is 2. The first-order valence-electron chi connectivity index (χ1n) is 20.7. The zero-order chi connectivity index (χ0) is 45.0. The second-order valence-electron chi connectivity index (χ2n) is 17.3. The Morgan fingerprint density at radius 2 is 1.13 bits per heavy atom. The summed E-state index contributed by atoms with van der Waals surface area (Å²) in [6.45, 7) is 12.9. The number of anilines is 2. The highest BCUT2D eigenvalue weighted by atomic mass is 16.6. The number of hydrogen-bond donors (Lipinski definition) is 7. The highest BCUT2D eigenvalue weighted by Crippen LogP contribution is 2.30. The second kappa shape index (κ2) is 21.1. The molecule has 4 aromatic carbocycles. The number of carbonyl (C=O) groups excluding carboxylic acids is 1. The van der Waals surface area contributed by atoms with Crippen LogP contribution in [-0.4, -0.2) is 105 Å². The molecule has 0 bridgehead atoms. The fraction of sp³-hybridized carbons (Fsp3) is 0.375. The van der Waals surface area contributed by atoms with Gasteiger partial charge in [-0.2, -0.15) is 0 Å². The van der Waals surface area contributed by atoms with Crippen LogP contribution >= 0.6 is 0 Å². The Bertz CT molecular complexity index is 2240. The number of amides is 2. The number of rotatable bonds is 16. The highest BCUT2D eigenvalue weighted by molar-refractivity contribution is 5.95. The Kier molecular flexibility index (Phi) is 16.0. The third-order valence-electron chi connectivity index (χ3n) is 10.0. The molecule has 0 saturated heterocycles. The van der Waals surface area contributed by atoms with E-state index in [1.807, 2.05) is 126 Å². The van der Waals surface area contributed by atoms with Crippen LogP contribution < -0.4 is 11.5 Å². The molecular formula is C48H62N6O8. The van der Waals surface area contributed by atoms with E-state index < -0.39 is 29.3 Å². The van der Waals surface area contributed by atoms with Gasteiger partial charge in [0.1, 0.15) is 5.60 Å². The van der Waals surface area contributed by atoms with Crippen LogP contribution in [-0.2, 0) is 27.4 Å². The van der Waals surface area contributed by atoms with E-state index in [0.29, 0.717) is 37.7 Å². The third kappa shape index (κ3) is 13.5. The molecule has 0 radical (unpaired) electrons. The Hall–Kier alpha value is -6.06. The van der Waals surface area contributed by atoms with Crippen LogP contribution in [0.4, 0.5) is 21.0 Å². The van der Waals surface area contributed by atoms with Crippen LogP contribution in [0.5, 0.6) is 0 Å². The van der Waals surface area contributed by atoms with Gasteiger partial charge in [0.05, 0.1) is 68.1 Å². The molecular weight excluding hydrogens is 789 g/mol. The fourth-order valence-electron chi connectivity index (χ4n) is 6.60. The number of aliphatic hydroxyl groups excluding tert-OH is 2. The van der Waals surface area contributed by atoms with Gasteiger partial charge in [-0.1, -0.05) is 81.4 Å². The lowest BCUT2D eigenvalue weighted by Crippen LogP contribution is -2.43. The van der Waals surface area contributed by atoms with Crippen molar-refractivity contribution >= 4 is 45.4 Å². The van der Waals surface area contributed by atoms with Crippen molar-refractivity contribution < 1.29 is 39.1 Å². The van der Waals surface area contributed by atoms with Gasteiger partial charge in [-0.3, -0.25) is 0 Å². The summed E-state index contributed by atoms with van der Waals surface area (Å²) in [5.41, 5.74) is 20.7. The molecule has 14 nitrogen and oxygen atoms in total. The maximum atomic E-state index is 12.2. The number of ether oxygens (including phenoxy) is 3. The number of fused-ring (bicyclic) bond motifs is 2. The summed E-state index contributed by atoms with van der Waals surface area (Å²) >= 11 is 0. The first-order valence-corrected chi connectivity index (χ1v) is 20.7. The molecule has 6 aromatic rings. The molecule has 6 rings (SSSR count). The highest BCUT2D eigenvalue weighted by Gasteiger charge is 2.26. The van der Waals surface area contributed by atoms with E-state index >= 15 is 0 Å². The van der Waals surface area contributed by atoms with Crippen LogP contribution in [0, 0.1) is 5.41 Å². The monoisotopic (exact) mass is 850 g/mol. The molecule has 1 atom stereocenters. The molecule has 0 spiro atoms. The molecule has 9 N–H and O–H groups in total. The summed E-state index contributed by atoms with van der Waals surface area (Å²) < 4.78 is 16.9. The van der Waals surface area contributed by atoms with Crippen molar-refractivity contribution in [3.8, 4) is 22.5 Å². The van der Waals surface area contributed by atoms with Crippen LogP contribution in [0.15, 0.2) is 97.1 Å². The molecule has 1 unspecified atom stereocenters. The minimum Gasteiger partial charge on any atom is -0.465 e. The number of benzene rings is 4. The van der Waals surface area contributed by atoms with Gasteiger partial charge in [-0.25, -0.2) is 9.59 Å².